The van der Waals surface area contributed by atoms with Crippen molar-refractivity contribution in [1.82, 2.24) is 69.2 Å². The summed E-state index contributed by atoms with van der Waals surface area (Å²) in [4.78, 5) is 135. The summed E-state index contributed by atoms with van der Waals surface area (Å²) in [6, 6.07) is 47.4. The van der Waals surface area contributed by atoms with E-state index < -0.39 is 61.2 Å². The number of nitrogens with zero attached hydrogens (tertiary/aromatic N) is 15. The molecule has 8 aromatic heterocycles. The normalized spacial score (nSPS) is 11.4. The summed E-state index contributed by atoms with van der Waals surface area (Å²) < 4.78 is 126. The first-order valence-electron chi connectivity index (χ1n) is 42.7. The zero-order chi connectivity index (χ0) is 101. The number of carboxylic acid groups (broad SMARTS) is 2. The van der Waals surface area contributed by atoms with Crippen LogP contribution >= 0.6 is 11.3 Å². The second-order valence-electron chi connectivity index (χ2n) is 33.2. The minimum atomic E-state index is -3.99. The number of aromatic amines is 1. The van der Waals surface area contributed by atoms with E-state index in [0.29, 0.717) is 134 Å². The Morgan fingerprint density at radius 2 is 0.848 bits per heavy atom. The van der Waals surface area contributed by atoms with Crippen molar-refractivity contribution in [2.75, 3.05) is 66.0 Å². The summed E-state index contributed by atoms with van der Waals surface area (Å²) >= 11 is 0.968. The summed E-state index contributed by atoms with van der Waals surface area (Å²) in [5.41, 5.74) is 8.67. The van der Waals surface area contributed by atoms with Gasteiger partial charge in [-0.15, -0.1) is 0 Å². The number of H-pyrrole nitrogens is 1. The molecule has 0 aliphatic carbocycles. The lowest BCUT2D eigenvalue weighted by Gasteiger charge is -2.25. The van der Waals surface area contributed by atoms with Crippen molar-refractivity contribution in [2.45, 2.75) is 118 Å². The number of carbonyl (C=O) groups is 6. The molecular formula is C97H96F5N19O14S3. The minimum absolute atomic E-state index is 0.0769. The fourth-order valence-corrected chi connectivity index (χ4v) is 15.6. The van der Waals surface area contributed by atoms with Crippen LogP contribution in [-0.2, 0) is 29.6 Å². The van der Waals surface area contributed by atoms with Crippen LogP contribution in [0.3, 0.4) is 0 Å². The van der Waals surface area contributed by atoms with Crippen LogP contribution in [0.25, 0.3) is 116 Å². The highest BCUT2D eigenvalue weighted by Gasteiger charge is 2.29. The van der Waals surface area contributed by atoms with E-state index in [9.17, 15) is 77.5 Å². The van der Waals surface area contributed by atoms with Gasteiger partial charge in [0.1, 0.15) is 68.8 Å². The number of halogens is 5. The van der Waals surface area contributed by atoms with Gasteiger partial charge in [0.25, 0.3) is 27.4 Å². The number of furan rings is 1. The third-order valence-corrected chi connectivity index (χ3v) is 24.7. The molecule has 16 aromatic rings. The van der Waals surface area contributed by atoms with Crippen LogP contribution in [0, 0.1) is 29.1 Å². The van der Waals surface area contributed by atoms with Crippen LogP contribution in [-0.4, -0.2) is 189 Å². The van der Waals surface area contributed by atoms with Gasteiger partial charge in [-0.2, -0.15) is 0 Å². The second-order valence-corrected chi connectivity index (χ2v) is 37.6. The van der Waals surface area contributed by atoms with Crippen molar-refractivity contribution in [2.24, 2.45) is 0 Å². The number of amides is 4. The predicted octanol–water partition coefficient (Wildman–Crippen LogP) is 16.8. The molecule has 0 bridgehead atoms. The molecule has 4 amide bonds. The fraction of sp³-hybridized carbons (Fsp3) is 0.237. The molecule has 16 rings (SSSR count). The van der Waals surface area contributed by atoms with E-state index >= 15 is 0 Å². The van der Waals surface area contributed by atoms with Crippen LogP contribution in [0.15, 0.2) is 202 Å². The maximum absolute atomic E-state index is 13.5. The highest BCUT2D eigenvalue weighted by molar-refractivity contribution is 7.90. The molecule has 0 radical (unpaired) electrons. The second kappa shape index (κ2) is 42.1. The molecule has 33 nitrogen and oxygen atoms in total. The number of aromatic nitrogens is 11. The fourth-order valence-electron chi connectivity index (χ4n) is 13.5. The Hall–Kier alpha value is -15.7. The molecular weight excluding hydrogens is 1850 g/mol. The first-order chi connectivity index (χ1) is 65.0. The van der Waals surface area contributed by atoms with Gasteiger partial charge in [0, 0.05) is 124 Å². The predicted molar refractivity (Wildman–Crippen MR) is 522 cm³/mol. The number of thiazole rings is 1. The molecule has 6 N–H and O–H groups in total. The lowest BCUT2D eigenvalue weighted by atomic mass is 10.1. The highest BCUT2D eigenvalue weighted by atomic mass is 32.2. The topological polar surface area (TPSA) is 430 Å². The first kappa shape index (κ1) is 101. The largest absolute Gasteiger partial charge is 0.477 e. The third kappa shape index (κ3) is 23.8. The Balaban J connectivity index is 0.000000155. The molecule has 8 aromatic carbocycles. The Labute approximate surface area is 792 Å². The van der Waals surface area contributed by atoms with E-state index in [-0.39, 0.29) is 86.0 Å². The molecule has 0 unspecified atom stereocenters. The molecule has 0 atom stereocenters. The van der Waals surface area contributed by atoms with Crippen LogP contribution in [0.1, 0.15) is 124 Å². The minimum Gasteiger partial charge on any atom is -0.477 e. The number of aromatic carboxylic acids is 2. The highest BCUT2D eigenvalue weighted by Crippen LogP contribution is 2.39. The number of carbonyl (C=O) groups excluding carboxylic acids is 4. The van der Waals surface area contributed by atoms with Crippen LogP contribution < -0.4 is 44.8 Å². The molecule has 0 saturated carbocycles. The molecule has 0 aliphatic rings. The van der Waals surface area contributed by atoms with Gasteiger partial charge in [0.15, 0.2) is 45.2 Å². The summed E-state index contributed by atoms with van der Waals surface area (Å²) in [7, 11) is 1.72. The number of nitrogens with one attached hydrogen (secondary N) is 4. The van der Waals surface area contributed by atoms with Crippen molar-refractivity contribution in [3.63, 3.8) is 0 Å². The number of hydrogen-bond donors (Lipinski definition) is 6. The molecule has 0 saturated heterocycles. The van der Waals surface area contributed by atoms with Crippen LogP contribution in [0.2, 0.25) is 0 Å². The van der Waals surface area contributed by atoms with Crippen molar-refractivity contribution in [3.05, 3.63) is 249 Å². The van der Waals surface area contributed by atoms with Crippen LogP contribution in [0.5, 0.6) is 0 Å². The number of pyridine rings is 1. The molecule has 41 heteroatoms. The summed E-state index contributed by atoms with van der Waals surface area (Å²) in [6.07, 6.45) is 0.913. The van der Waals surface area contributed by atoms with Gasteiger partial charge in [-0.05, 0) is 257 Å². The molecule has 0 fully saturated rings. The van der Waals surface area contributed by atoms with Gasteiger partial charge >= 0.3 is 11.9 Å². The molecule has 716 valence electrons. The molecule has 8 heterocycles. The van der Waals surface area contributed by atoms with E-state index in [2.05, 4.69) is 45.2 Å². The van der Waals surface area contributed by atoms with Gasteiger partial charge in [-0.25, -0.2) is 103 Å². The van der Waals surface area contributed by atoms with E-state index in [1.54, 1.807) is 95.6 Å². The zero-order valence-corrected chi connectivity index (χ0v) is 80.4. The summed E-state index contributed by atoms with van der Waals surface area (Å²) in [6.45, 7) is 22.4. The van der Waals surface area contributed by atoms with Crippen molar-refractivity contribution >= 4 is 162 Å². The number of rotatable bonds is 22. The standard InChI is InChI=1S/C21H21FN4O2.2C20H21FN4O3S.C18H15FN4O3S.C18H18FN3O3/c1-12(2)26(4)20-19(14-5-8-16(22)9-6-14)24-17-10-7-15(11-18(17)25-20)21(28)23-13(3)27;1-12(2)25(3)19-18(13-5-8-15(21)9-6-13)22-16-10-7-14(11-17(16)23-19)20(26)24-29(4,27)28;1-12(2)25(4)20-19(14-5-7-15(21)8-6-14)22-17-10-9-16(11-18(17)23-20)29(27,28)24-13(3)26;1-8(2)23(3)15-13(12-7-9-6-10(19)4-5-11(9)26-12)20-14-16(22-15)27-17(21-14)18(24)25;1-10(2)21(3)15-9-11-8-14(18(24)25)17(23)20-16(11)22(15)13-6-4-12(19)5-7-13/h5-12H,1-4H3,(H,23,27,28);2*5-12H,1-4H3,(H,24,26);4-8H,1-3H3,(H,24,25);4-10H,1-3H3,(H,20,23)(H,24,25). The Bertz CT molecular complexity index is 7680. The Morgan fingerprint density at radius 1 is 0.428 bits per heavy atom. The van der Waals surface area contributed by atoms with Gasteiger partial charge in [-0.3, -0.25) is 33.9 Å². The lowest BCUT2D eigenvalue weighted by Crippen LogP contribution is -2.29. The van der Waals surface area contributed by atoms with Crippen molar-refractivity contribution in [1.29, 1.82) is 0 Å². The summed E-state index contributed by atoms with van der Waals surface area (Å²) in [5.74, 6) is -3.04. The van der Waals surface area contributed by atoms with Gasteiger partial charge in [-0.1, -0.05) is 11.3 Å². The van der Waals surface area contributed by atoms with Crippen LogP contribution in [0.4, 0.5) is 51.0 Å². The quantitative estimate of drug-likeness (QED) is 0.0343. The van der Waals surface area contributed by atoms with Gasteiger partial charge in [0.05, 0.1) is 44.3 Å². The summed E-state index contributed by atoms with van der Waals surface area (Å²) in [5, 5.41) is 21.7. The van der Waals surface area contributed by atoms with Crippen molar-refractivity contribution < 1.29 is 82.2 Å². The lowest BCUT2D eigenvalue weighted by molar-refractivity contribution is -0.118. The SMILES string of the molecule is CC(=O)NC(=O)c1ccc2nc(-c3ccc(F)cc3)c(N(C)C(C)C)nc2c1.CC(=O)NS(=O)(=O)c1ccc2nc(-c3ccc(F)cc3)c(N(C)C(C)C)nc2c1.CC(C)N(C)c1cc2cc(C(=O)O)c(=O)[nH]c2n1-c1ccc(F)cc1.CC(C)N(C)c1nc2cc(C(=O)NS(C)(=O)=O)ccc2nc1-c1ccc(F)cc1.CC(C)N(C)c1nc2sc(C(=O)O)nc2nc1-c1cc2cc(F)ccc2o1. The number of anilines is 5. The number of imide groups is 1. The van der Waals surface area contributed by atoms with Gasteiger partial charge < -0.3 is 44.1 Å². The third-order valence-electron chi connectivity index (χ3n) is 21.7. The van der Waals surface area contributed by atoms with Crippen molar-refractivity contribution in [3.8, 4) is 50.9 Å². The average molecular weight is 1940 g/mol. The number of sulfonamides is 2. The number of fused-ring (bicyclic) bond motifs is 6. The van der Waals surface area contributed by atoms with E-state index in [4.69, 9.17) is 19.5 Å². The molecule has 0 spiro atoms. The number of benzene rings is 8. The van der Waals surface area contributed by atoms with E-state index in [1.807, 2.05) is 138 Å². The van der Waals surface area contributed by atoms with E-state index in [0.717, 1.165) is 35.9 Å². The maximum atomic E-state index is 13.5. The molecule has 0 aliphatic heterocycles. The maximum Gasteiger partial charge on any atom is 0.365 e. The average Bonchev–Trinajstić information content (AvgIpc) is 1.54. The first-order valence-corrected chi connectivity index (χ1v) is 46.8. The zero-order valence-electron chi connectivity index (χ0n) is 77.9. The molecule has 138 heavy (non-hydrogen) atoms. The monoisotopic (exact) mass is 1940 g/mol. The number of carboxylic acids is 2. The van der Waals surface area contributed by atoms with Gasteiger partial charge in [0.2, 0.25) is 26.8 Å². The van der Waals surface area contributed by atoms with E-state index in [1.165, 1.54) is 104 Å². The Morgan fingerprint density at radius 3 is 1.27 bits per heavy atom. The smallest absolute Gasteiger partial charge is 0.365 e. The number of hydrogen-bond acceptors (Lipinski definition) is 27. The Kier molecular flexibility index (Phi) is 30.9.